The van der Waals surface area contributed by atoms with Gasteiger partial charge in [-0.25, -0.2) is 0 Å². The Morgan fingerprint density at radius 3 is 2.94 bits per heavy atom. The molecule has 2 rings (SSSR count). The number of Topliss-reactive ketones (excluding diaryl/α,β-unsaturated/α-hetero) is 1. The normalized spacial score (nSPS) is 23.5. The maximum Gasteiger partial charge on any atom is 0.189 e. The van der Waals surface area contributed by atoms with Crippen molar-refractivity contribution >= 4 is 21.7 Å². The minimum Gasteiger partial charge on any atom is -0.316 e. The van der Waals surface area contributed by atoms with Gasteiger partial charge in [-0.2, -0.15) is 5.10 Å². The fraction of sp³-hybridized carbons (Fsp3) is 0.692. The lowest BCUT2D eigenvalue weighted by Gasteiger charge is -2.25. The largest absolute Gasteiger partial charge is 0.316 e. The molecule has 0 saturated carbocycles. The second-order valence-electron chi connectivity index (χ2n) is 4.95. The van der Waals surface area contributed by atoms with Crippen molar-refractivity contribution in [3.05, 3.63) is 16.4 Å². The van der Waals surface area contributed by atoms with Crippen LogP contribution in [-0.4, -0.2) is 28.7 Å². The van der Waals surface area contributed by atoms with Crippen LogP contribution in [0.4, 0.5) is 0 Å². The van der Waals surface area contributed by atoms with E-state index in [4.69, 9.17) is 0 Å². The summed E-state index contributed by atoms with van der Waals surface area (Å²) in [5.41, 5.74) is 0.496. The van der Waals surface area contributed by atoms with Crippen LogP contribution in [0.25, 0.3) is 0 Å². The molecule has 1 saturated heterocycles. The van der Waals surface area contributed by atoms with Gasteiger partial charge in [-0.15, -0.1) is 0 Å². The van der Waals surface area contributed by atoms with E-state index in [1.54, 1.807) is 6.20 Å². The molecular weight excluding hydrogens is 294 g/mol. The molecule has 100 valence electrons. The first kappa shape index (κ1) is 13.7. The number of halogens is 1. The van der Waals surface area contributed by atoms with Crippen LogP contribution in [0.15, 0.2) is 10.7 Å². The first-order chi connectivity index (χ1) is 8.64. The zero-order chi connectivity index (χ0) is 13.2. The van der Waals surface area contributed by atoms with Crippen LogP contribution in [0.5, 0.6) is 0 Å². The molecule has 1 aromatic rings. The minimum absolute atomic E-state index is 0.229. The molecule has 1 N–H and O–H groups in total. The number of nitrogens with zero attached hydrogens (tertiary/aromatic N) is 2. The number of ketones is 1. The van der Waals surface area contributed by atoms with E-state index >= 15 is 0 Å². The highest BCUT2D eigenvalue weighted by atomic mass is 79.9. The maximum absolute atomic E-state index is 12.8. The van der Waals surface area contributed by atoms with Crippen LogP contribution >= 0.6 is 15.9 Å². The summed E-state index contributed by atoms with van der Waals surface area (Å²) in [6.07, 6.45) is 4.51. The highest BCUT2D eigenvalue weighted by Crippen LogP contribution is 2.35. The van der Waals surface area contributed by atoms with Gasteiger partial charge in [0.25, 0.3) is 0 Å². The molecule has 0 aliphatic carbocycles. The van der Waals surface area contributed by atoms with Crippen LogP contribution in [0, 0.1) is 5.41 Å². The predicted octanol–water partition coefficient (Wildman–Crippen LogP) is 2.63. The lowest BCUT2D eigenvalue weighted by molar-refractivity contribution is 0.0797. The molecule has 1 aliphatic heterocycles. The van der Waals surface area contributed by atoms with Crippen LogP contribution in [0.1, 0.15) is 43.6 Å². The fourth-order valence-electron chi connectivity index (χ4n) is 2.62. The van der Waals surface area contributed by atoms with Crippen molar-refractivity contribution in [2.45, 2.75) is 39.7 Å². The molecule has 0 bridgehead atoms. The Hall–Kier alpha value is -0.680. The zero-order valence-electron chi connectivity index (χ0n) is 11.0. The van der Waals surface area contributed by atoms with Crippen LogP contribution < -0.4 is 5.32 Å². The Morgan fingerprint density at radius 2 is 2.39 bits per heavy atom. The van der Waals surface area contributed by atoms with E-state index in [1.165, 1.54) is 0 Å². The molecule has 1 aromatic heterocycles. The average molecular weight is 314 g/mol. The molecule has 4 nitrogen and oxygen atoms in total. The van der Waals surface area contributed by atoms with Crippen molar-refractivity contribution in [1.82, 2.24) is 15.1 Å². The summed E-state index contributed by atoms with van der Waals surface area (Å²) in [6.45, 7) is 6.70. The highest BCUT2D eigenvalue weighted by molar-refractivity contribution is 9.10. The molecular formula is C13H20BrN3O. The first-order valence-electron chi connectivity index (χ1n) is 6.61. The van der Waals surface area contributed by atoms with Gasteiger partial charge in [0.05, 0.1) is 10.7 Å². The predicted molar refractivity (Wildman–Crippen MR) is 74.8 cm³/mol. The van der Waals surface area contributed by atoms with E-state index < -0.39 is 0 Å². The van der Waals surface area contributed by atoms with Gasteiger partial charge >= 0.3 is 0 Å². The lowest BCUT2D eigenvalue weighted by Crippen LogP contribution is -2.34. The second-order valence-corrected chi connectivity index (χ2v) is 5.81. The van der Waals surface area contributed by atoms with Gasteiger partial charge in [-0.1, -0.05) is 13.8 Å². The van der Waals surface area contributed by atoms with Gasteiger partial charge in [-0.3, -0.25) is 9.48 Å². The number of aryl methyl sites for hydroxylation is 1. The van der Waals surface area contributed by atoms with E-state index in [9.17, 15) is 4.79 Å². The van der Waals surface area contributed by atoms with E-state index in [0.29, 0.717) is 0 Å². The summed E-state index contributed by atoms with van der Waals surface area (Å²) in [5.74, 6) is 0.229. The molecule has 0 radical (unpaired) electrons. The number of aromatic nitrogens is 2. The number of carbonyl (C=O) groups is 1. The Morgan fingerprint density at radius 1 is 1.61 bits per heavy atom. The zero-order valence-corrected chi connectivity index (χ0v) is 12.6. The topological polar surface area (TPSA) is 46.9 Å². The summed E-state index contributed by atoms with van der Waals surface area (Å²) >= 11 is 3.46. The van der Waals surface area contributed by atoms with E-state index in [1.807, 2.05) is 4.68 Å². The number of rotatable bonds is 5. The smallest absolute Gasteiger partial charge is 0.189 e. The summed E-state index contributed by atoms with van der Waals surface area (Å²) in [5, 5.41) is 7.60. The van der Waals surface area contributed by atoms with Gasteiger partial charge < -0.3 is 5.32 Å². The van der Waals surface area contributed by atoms with Gasteiger partial charge in [0, 0.05) is 18.5 Å². The number of nitrogens with one attached hydrogen (secondary N) is 1. The third kappa shape index (κ3) is 2.26. The molecule has 0 aromatic carbocycles. The average Bonchev–Trinajstić information content (AvgIpc) is 2.97. The molecule has 1 unspecified atom stereocenters. The molecule has 2 heterocycles. The van der Waals surface area contributed by atoms with Crippen molar-refractivity contribution in [2.24, 2.45) is 5.41 Å². The van der Waals surface area contributed by atoms with Crippen molar-refractivity contribution in [1.29, 1.82) is 0 Å². The molecule has 0 amide bonds. The summed E-state index contributed by atoms with van der Waals surface area (Å²) < 4.78 is 2.66. The minimum atomic E-state index is -0.242. The van der Waals surface area contributed by atoms with Gasteiger partial charge in [0.2, 0.25) is 0 Å². The molecule has 1 aliphatic rings. The second kappa shape index (κ2) is 5.53. The van der Waals surface area contributed by atoms with Crippen LogP contribution in [0.3, 0.4) is 0 Å². The Bertz CT molecular complexity index is 435. The quantitative estimate of drug-likeness (QED) is 0.850. The van der Waals surface area contributed by atoms with Crippen molar-refractivity contribution in [3.8, 4) is 0 Å². The molecule has 1 atom stereocenters. The summed E-state index contributed by atoms with van der Waals surface area (Å²) in [6, 6.07) is 0. The lowest BCUT2D eigenvalue weighted by atomic mass is 9.78. The van der Waals surface area contributed by atoms with Crippen molar-refractivity contribution in [2.75, 3.05) is 13.1 Å². The van der Waals surface area contributed by atoms with E-state index in [0.717, 1.165) is 49.1 Å². The summed E-state index contributed by atoms with van der Waals surface area (Å²) in [4.78, 5) is 12.8. The standard InChI is InChI=1S/C13H20BrN3O/c1-3-7-17-11(10(14)8-16-17)12(18)13(4-2)5-6-15-9-13/h8,15H,3-7,9H2,1-2H3. The number of hydrogen-bond acceptors (Lipinski definition) is 3. The fourth-order valence-corrected chi connectivity index (χ4v) is 3.10. The Balaban J connectivity index is 2.35. The number of hydrogen-bond donors (Lipinski definition) is 1. The number of carbonyl (C=O) groups excluding carboxylic acids is 1. The van der Waals surface area contributed by atoms with Crippen molar-refractivity contribution in [3.63, 3.8) is 0 Å². The molecule has 0 spiro atoms. The maximum atomic E-state index is 12.8. The third-order valence-electron chi connectivity index (χ3n) is 3.85. The van der Waals surface area contributed by atoms with E-state index in [2.05, 4.69) is 40.2 Å². The molecule has 18 heavy (non-hydrogen) atoms. The Kier molecular flexibility index (Phi) is 4.22. The van der Waals surface area contributed by atoms with Crippen LogP contribution in [-0.2, 0) is 6.54 Å². The van der Waals surface area contributed by atoms with Crippen molar-refractivity contribution < 1.29 is 4.79 Å². The highest BCUT2D eigenvalue weighted by Gasteiger charge is 2.41. The summed E-state index contributed by atoms with van der Waals surface area (Å²) in [7, 11) is 0. The Labute approximate surface area is 116 Å². The van der Waals surface area contributed by atoms with Crippen LogP contribution in [0.2, 0.25) is 0 Å². The SMILES string of the molecule is CCCn1ncc(Br)c1C(=O)C1(CC)CCNC1. The molecule has 5 heteroatoms. The monoisotopic (exact) mass is 313 g/mol. The molecule has 1 fully saturated rings. The van der Waals surface area contributed by atoms with E-state index in [-0.39, 0.29) is 11.2 Å². The van der Waals surface area contributed by atoms with Gasteiger partial charge in [0.15, 0.2) is 5.78 Å². The van der Waals surface area contributed by atoms with Gasteiger partial charge in [-0.05, 0) is 41.7 Å². The van der Waals surface area contributed by atoms with Gasteiger partial charge in [0.1, 0.15) is 5.69 Å². The first-order valence-corrected chi connectivity index (χ1v) is 7.40. The third-order valence-corrected chi connectivity index (χ3v) is 4.43.